The summed E-state index contributed by atoms with van der Waals surface area (Å²) in [6.07, 6.45) is 0. The summed E-state index contributed by atoms with van der Waals surface area (Å²) in [6.45, 7) is 4.45. The van der Waals surface area contributed by atoms with Crippen molar-refractivity contribution in [3.63, 3.8) is 0 Å². The van der Waals surface area contributed by atoms with Crippen LogP contribution in [0, 0.1) is 6.92 Å². The molecule has 5 aromatic rings. The molecule has 5 rings (SSSR count). The van der Waals surface area contributed by atoms with Crippen LogP contribution >= 0.6 is 15.9 Å². The zero-order chi connectivity index (χ0) is 26.2. The van der Waals surface area contributed by atoms with Crippen LogP contribution in [0.25, 0.3) is 21.8 Å². The van der Waals surface area contributed by atoms with E-state index in [2.05, 4.69) is 44.9 Å². The smallest absolute Gasteiger partial charge is 0.264 e. The van der Waals surface area contributed by atoms with Crippen molar-refractivity contribution in [2.24, 2.45) is 0 Å². The molecule has 6 nitrogen and oxygen atoms in total. The van der Waals surface area contributed by atoms with Gasteiger partial charge in [-0.1, -0.05) is 57.9 Å². The molecule has 4 aromatic carbocycles. The van der Waals surface area contributed by atoms with Crippen molar-refractivity contribution in [3.05, 3.63) is 101 Å². The third-order valence-electron chi connectivity index (χ3n) is 6.36. The van der Waals surface area contributed by atoms with Crippen LogP contribution in [0.3, 0.4) is 0 Å². The first-order valence-corrected chi connectivity index (χ1v) is 14.2. The van der Waals surface area contributed by atoms with Gasteiger partial charge in [-0.25, -0.2) is 8.42 Å². The van der Waals surface area contributed by atoms with E-state index < -0.39 is 15.9 Å². The van der Waals surface area contributed by atoms with E-state index in [-0.39, 0.29) is 11.4 Å². The molecule has 0 aliphatic rings. The van der Waals surface area contributed by atoms with Crippen LogP contribution < -0.4 is 9.62 Å². The molecule has 37 heavy (non-hydrogen) atoms. The van der Waals surface area contributed by atoms with Crippen LogP contribution in [-0.4, -0.2) is 25.4 Å². The molecule has 0 unspecified atom stereocenters. The fourth-order valence-corrected chi connectivity index (χ4v) is 6.39. The van der Waals surface area contributed by atoms with Gasteiger partial charge in [-0.2, -0.15) is 0 Å². The number of para-hydroxylation sites is 1. The van der Waals surface area contributed by atoms with Crippen LogP contribution in [0.4, 0.5) is 11.4 Å². The van der Waals surface area contributed by atoms with E-state index in [4.69, 9.17) is 0 Å². The molecule has 0 aliphatic carbocycles. The Morgan fingerprint density at radius 1 is 0.892 bits per heavy atom. The molecule has 1 amide bonds. The van der Waals surface area contributed by atoms with Gasteiger partial charge in [0.15, 0.2) is 0 Å². The number of carbonyl (C=O) groups is 1. The minimum atomic E-state index is -3.99. The number of halogens is 1. The molecule has 1 N–H and O–H groups in total. The zero-order valence-electron chi connectivity index (χ0n) is 20.5. The van der Waals surface area contributed by atoms with E-state index >= 15 is 0 Å². The number of aromatic nitrogens is 1. The fourth-order valence-electron chi connectivity index (χ4n) is 4.59. The first kappa shape index (κ1) is 25.0. The molecule has 0 radical (unpaired) electrons. The average molecular weight is 577 g/mol. The Bertz CT molecular complexity index is 1730. The van der Waals surface area contributed by atoms with Crippen LogP contribution in [0.2, 0.25) is 0 Å². The highest BCUT2D eigenvalue weighted by Crippen LogP contribution is 2.31. The van der Waals surface area contributed by atoms with Crippen molar-refractivity contribution in [1.82, 2.24) is 4.57 Å². The average Bonchev–Trinajstić information content (AvgIpc) is 3.20. The van der Waals surface area contributed by atoms with Gasteiger partial charge >= 0.3 is 0 Å². The van der Waals surface area contributed by atoms with Gasteiger partial charge in [-0.15, -0.1) is 0 Å². The molecule has 0 aliphatic heterocycles. The van der Waals surface area contributed by atoms with Crippen molar-refractivity contribution in [2.45, 2.75) is 25.3 Å². The summed E-state index contributed by atoms with van der Waals surface area (Å²) >= 11 is 3.41. The Morgan fingerprint density at radius 3 is 2.35 bits per heavy atom. The Balaban J connectivity index is 1.48. The molecule has 0 spiro atoms. The number of hydrogen-bond donors (Lipinski definition) is 1. The summed E-state index contributed by atoms with van der Waals surface area (Å²) in [4.78, 5) is 13.4. The number of carbonyl (C=O) groups excluding carboxylic acids is 1. The molecule has 0 bridgehead atoms. The standard InChI is InChI=1S/C29H26BrN3O3S/c1-3-32-27-10-5-4-9-25(27)26-18-22(13-16-28(26)32)31-29(34)19-33(23-8-6-7-21(30)17-23)37(35,36)24-14-11-20(2)12-15-24/h4-18H,3,19H2,1-2H3,(H,31,34). The largest absolute Gasteiger partial charge is 0.341 e. The summed E-state index contributed by atoms with van der Waals surface area (Å²) in [5, 5.41) is 5.05. The first-order chi connectivity index (χ1) is 17.8. The quantitative estimate of drug-likeness (QED) is 0.234. The van der Waals surface area contributed by atoms with Gasteiger partial charge < -0.3 is 9.88 Å². The Hall–Kier alpha value is -3.62. The molecule has 0 saturated heterocycles. The highest BCUT2D eigenvalue weighted by Gasteiger charge is 2.27. The Morgan fingerprint density at radius 2 is 1.62 bits per heavy atom. The van der Waals surface area contributed by atoms with E-state index in [0.29, 0.717) is 15.8 Å². The second kappa shape index (κ2) is 10.0. The molecular weight excluding hydrogens is 550 g/mol. The molecule has 0 atom stereocenters. The molecular formula is C29H26BrN3O3S. The first-order valence-electron chi connectivity index (χ1n) is 11.9. The lowest BCUT2D eigenvalue weighted by Crippen LogP contribution is -2.38. The summed E-state index contributed by atoms with van der Waals surface area (Å²) in [7, 11) is -3.99. The van der Waals surface area contributed by atoms with Crippen molar-refractivity contribution < 1.29 is 13.2 Å². The van der Waals surface area contributed by atoms with Gasteiger partial charge in [-0.05, 0) is 68.4 Å². The van der Waals surface area contributed by atoms with Crippen LogP contribution in [0.5, 0.6) is 0 Å². The summed E-state index contributed by atoms with van der Waals surface area (Å²) < 4.78 is 31.3. The third-order valence-corrected chi connectivity index (χ3v) is 8.65. The molecule has 0 fully saturated rings. The SMILES string of the molecule is CCn1c2ccccc2c2cc(NC(=O)CN(c3cccc(Br)c3)S(=O)(=O)c3ccc(C)cc3)ccc21. The summed E-state index contributed by atoms with van der Waals surface area (Å²) in [5.41, 5.74) is 4.17. The van der Waals surface area contributed by atoms with Crippen molar-refractivity contribution in [1.29, 1.82) is 0 Å². The lowest BCUT2D eigenvalue weighted by atomic mass is 10.1. The van der Waals surface area contributed by atoms with E-state index in [0.717, 1.165) is 38.2 Å². The van der Waals surface area contributed by atoms with Gasteiger partial charge in [-0.3, -0.25) is 9.10 Å². The number of nitrogens with one attached hydrogen (secondary N) is 1. The highest BCUT2D eigenvalue weighted by molar-refractivity contribution is 9.10. The fraction of sp³-hybridized carbons (Fsp3) is 0.138. The monoisotopic (exact) mass is 575 g/mol. The third kappa shape index (κ3) is 4.86. The topological polar surface area (TPSA) is 71.4 Å². The lowest BCUT2D eigenvalue weighted by Gasteiger charge is -2.24. The minimum Gasteiger partial charge on any atom is -0.341 e. The number of fused-ring (bicyclic) bond motifs is 3. The number of benzene rings is 4. The summed E-state index contributed by atoms with van der Waals surface area (Å²) in [5.74, 6) is -0.436. The minimum absolute atomic E-state index is 0.125. The van der Waals surface area contributed by atoms with E-state index in [9.17, 15) is 13.2 Å². The maximum atomic E-state index is 13.6. The number of amides is 1. The number of rotatable bonds is 7. The van der Waals surface area contributed by atoms with Crippen molar-refractivity contribution in [2.75, 3.05) is 16.2 Å². The second-order valence-electron chi connectivity index (χ2n) is 8.85. The molecule has 188 valence electrons. The van der Waals surface area contributed by atoms with Crippen LogP contribution in [0.15, 0.2) is 100 Å². The number of aryl methyl sites for hydroxylation is 2. The number of anilines is 2. The van der Waals surface area contributed by atoms with Gasteiger partial charge in [0, 0.05) is 38.5 Å². The van der Waals surface area contributed by atoms with Gasteiger partial charge in [0.1, 0.15) is 6.54 Å². The van der Waals surface area contributed by atoms with Crippen molar-refractivity contribution >= 4 is 65.0 Å². The number of hydrogen-bond acceptors (Lipinski definition) is 3. The highest BCUT2D eigenvalue weighted by atomic mass is 79.9. The van der Waals surface area contributed by atoms with Crippen molar-refractivity contribution in [3.8, 4) is 0 Å². The predicted octanol–water partition coefficient (Wildman–Crippen LogP) is 6.72. The predicted molar refractivity (Wildman–Crippen MR) is 154 cm³/mol. The Kier molecular flexibility index (Phi) is 6.79. The van der Waals surface area contributed by atoms with Gasteiger partial charge in [0.2, 0.25) is 5.91 Å². The Labute approximate surface area is 224 Å². The van der Waals surface area contributed by atoms with E-state index in [1.165, 1.54) is 0 Å². The molecule has 8 heteroatoms. The normalized spacial score (nSPS) is 11.6. The van der Waals surface area contributed by atoms with Gasteiger partial charge in [0.05, 0.1) is 10.6 Å². The lowest BCUT2D eigenvalue weighted by molar-refractivity contribution is -0.114. The number of sulfonamides is 1. The maximum absolute atomic E-state index is 13.6. The zero-order valence-corrected chi connectivity index (χ0v) is 22.9. The van der Waals surface area contributed by atoms with Crippen LogP contribution in [0.1, 0.15) is 12.5 Å². The molecule has 0 saturated carbocycles. The summed E-state index contributed by atoms with van der Waals surface area (Å²) in [6, 6.07) is 27.5. The van der Waals surface area contributed by atoms with E-state index in [1.807, 2.05) is 43.3 Å². The second-order valence-corrected chi connectivity index (χ2v) is 11.6. The number of nitrogens with zero attached hydrogens (tertiary/aromatic N) is 2. The van der Waals surface area contributed by atoms with E-state index in [1.54, 1.807) is 42.5 Å². The maximum Gasteiger partial charge on any atom is 0.264 e. The van der Waals surface area contributed by atoms with Gasteiger partial charge in [0.25, 0.3) is 10.0 Å². The molecule has 1 heterocycles. The van der Waals surface area contributed by atoms with Crippen LogP contribution in [-0.2, 0) is 21.4 Å². The molecule has 1 aromatic heterocycles.